The molecule has 2 rings (SSSR count). The first-order valence-electron chi connectivity index (χ1n) is 7.58. The van der Waals surface area contributed by atoms with E-state index in [0.717, 1.165) is 10.7 Å². The molecule has 1 heterocycles. The number of rotatable bonds is 4. The number of hydrogen-bond acceptors (Lipinski definition) is 4. The third kappa shape index (κ3) is 4.08. The summed E-state index contributed by atoms with van der Waals surface area (Å²) in [6.07, 6.45) is 1.78. The van der Waals surface area contributed by atoms with Crippen LogP contribution in [-0.4, -0.2) is 35.2 Å². The average Bonchev–Trinajstić information content (AvgIpc) is 2.73. The minimum absolute atomic E-state index is 0.0384. The normalized spacial score (nSPS) is 18.5. The number of methoxy groups -OCH3 is 1. The lowest BCUT2D eigenvalue weighted by Gasteiger charge is -2.20. The van der Waals surface area contributed by atoms with Crippen LogP contribution in [0.25, 0.3) is 6.08 Å². The van der Waals surface area contributed by atoms with E-state index in [0.29, 0.717) is 20.7 Å². The first kappa shape index (κ1) is 19.2. The molecule has 0 aliphatic carbocycles. The SMILES string of the molecule is COc1c(Cl)cc(/C=C2/SC(=NC(C)C)N(C(C)C)C2=O)cc1Cl. The molecule has 0 radical (unpaired) electrons. The lowest BCUT2D eigenvalue weighted by molar-refractivity contribution is -0.123. The summed E-state index contributed by atoms with van der Waals surface area (Å²) in [5.41, 5.74) is 0.746. The van der Waals surface area contributed by atoms with E-state index in [1.54, 1.807) is 23.1 Å². The van der Waals surface area contributed by atoms with Gasteiger partial charge >= 0.3 is 0 Å². The molecular weight excluding hydrogens is 367 g/mol. The standard InChI is InChI=1S/C17H20Cl2N2O2S/c1-9(2)20-17-21(10(3)4)16(22)14(24-17)8-11-6-12(18)15(23-5)13(19)7-11/h6-10H,1-5H3/b14-8+,20-17?. The van der Waals surface area contributed by atoms with Gasteiger partial charge in [-0.3, -0.25) is 14.7 Å². The Morgan fingerprint density at radius 2 is 1.79 bits per heavy atom. The van der Waals surface area contributed by atoms with Gasteiger partial charge in [0.15, 0.2) is 10.9 Å². The highest BCUT2D eigenvalue weighted by Crippen LogP contribution is 2.37. The van der Waals surface area contributed by atoms with E-state index in [9.17, 15) is 4.79 Å². The van der Waals surface area contributed by atoms with Crippen molar-refractivity contribution in [3.05, 3.63) is 32.6 Å². The molecule has 0 atom stereocenters. The minimum Gasteiger partial charge on any atom is -0.494 e. The maximum Gasteiger partial charge on any atom is 0.266 e. The molecule has 1 aromatic rings. The number of nitrogens with zero attached hydrogens (tertiary/aromatic N) is 2. The molecule has 1 amide bonds. The molecule has 0 saturated carbocycles. The Morgan fingerprint density at radius 3 is 2.25 bits per heavy atom. The summed E-state index contributed by atoms with van der Waals surface area (Å²) in [5, 5.41) is 1.54. The molecule has 0 bridgehead atoms. The number of amidine groups is 1. The third-order valence-electron chi connectivity index (χ3n) is 3.24. The van der Waals surface area contributed by atoms with Crippen LogP contribution in [0.5, 0.6) is 5.75 Å². The van der Waals surface area contributed by atoms with Gasteiger partial charge in [-0.1, -0.05) is 23.2 Å². The largest absolute Gasteiger partial charge is 0.494 e. The molecular formula is C17H20Cl2N2O2S. The van der Waals surface area contributed by atoms with Gasteiger partial charge in [0.25, 0.3) is 5.91 Å². The van der Waals surface area contributed by atoms with E-state index in [-0.39, 0.29) is 18.0 Å². The highest BCUT2D eigenvalue weighted by Gasteiger charge is 2.35. The highest BCUT2D eigenvalue weighted by molar-refractivity contribution is 8.18. The van der Waals surface area contributed by atoms with Crippen molar-refractivity contribution in [2.45, 2.75) is 39.8 Å². The van der Waals surface area contributed by atoms with Gasteiger partial charge in [0.1, 0.15) is 0 Å². The van der Waals surface area contributed by atoms with Gasteiger partial charge in [-0.05, 0) is 63.2 Å². The van der Waals surface area contributed by atoms with E-state index in [2.05, 4.69) is 4.99 Å². The number of hydrogen-bond donors (Lipinski definition) is 0. The van der Waals surface area contributed by atoms with Crippen molar-refractivity contribution in [2.24, 2.45) is 4.99 Å². The maximum atomic E-state index is 12.7. The zero-order chi connectivity index (χ0) is 18.0. The summed E-state index contributed by atoms with van der Waals surface area (Å²) >= 11 is 13.7. The van der Waals surface area contributed by atoms with Crippen LogP contribution in [0.1, 0.15) is 33.3 Å². The molecule has 0 aromatic heterocycles. The molecule has 1 aliphatic rings. The predicted molar refractivity (Wildman–Crippen MR) is 103 cm³/mol. The molecule has 7 heteroatoms. The molecule has 1 aromatic carbocycles. The number of ether oxygens (including phenoxy) is 1. The molecule has 1 aliphatic heterocycles. The highest BCUT2D eigenvalue weighted by atomic mass is 35.5. The number of amides is 1. The smallest absolute Gasteiger partial charge is 0.266 e. The second-order valence-corrected chi connectivity index (χ2v) is 7.73. The Labute approximate surface area is 156 Å². The lowest BCUT2D eigenvalue weighted by atomic mass is 10.2. The molecule has 0 N–H and O–H groups in total. The van der Waals surface area contributed by atoms with E-state index < -0.39 is 0 Å². The number of benzene rings is 1. The van der Waals surface area contributed by atoms with E-state index >= 15 is 0 Å². The molecule has 24 heavy (non-hydrogen) atoms. The van der Waals surface area contributed by atoms with Gasteiger partial charge in [0, 0.05) is 12.1 Å². The van der Waals surface area contributed by atoms with E-state index in [4.69, 9.17) is 27.9 Å². The third-order valence-corrected chi connectivity index (χ3v) is 4.80. The van der Waals surface area contributed by atoms with Crippen molar-refractivity contribution in [3.63, 3.8) is 0 Å². The topological polar surface area (TPSA) is 41.9 Å². The molecule has 1 fully saturated rings. The van der Waals surface area contributed by atoms with Crippen LogP contribution in [0.2, 0.25) is 10.0 Å². The molecule has 0 unspecified atom stereocenters. The van der Waals surface area contributed by atoms with Crippen molar-refractivity contribution >= 4 is 52.1 Å². The monoisotopic (exact) mass is 386 g/mol. The van der Waals surface area contributed by atoms with Crippen molar-refractivity contribution in [3.8, 4) is 5.75 Å². The summed E-state index contributed by atoms with van der Waals surface area (Å²) in [6.45, 7) is 7.92. The summed E-state index contributed by atoms with van der Waals surface area (Å²) in [6, 6.07) is 3.61. The Morgan fingerprint density at radius 1 is 1.21 bits per heavy atom. The van der Waals surface area contributed by atoms with Gasteiger partial charge in [-0.25, -0.2) is 0 Å². The van der Waals surface area contributed by atoms with Crippen molar-refractivity contribution in [1.82, 2.24) is 4.90 Å². The maximum absolute atomic E-state index is 12.7. The summed E-state index contributed by atoms with van der Waals surface area (Å²) in [4.78, 5) is 19.6. The average molecular weight is 387 g/mol. The zero-order valence-corrected chi connectivity index (χ0v) is 16.6. The Kier molecular flexibility index (Phi) is 6.23. The zero-order valence-electron chi connectivity index (χ0n) is 14.3. The number of aliphatic imine (C=N–C) groups is 1. The number of carbonyl (C=O) groups is 1. The fourth-order valence-electron chi connectivity index (χ4n) is 2.26. The van der Waals surface area contributed by atoms with Crippen LogP contribution in [0.3, 0.4) is 0 Å². The number of halogens is 2. The van der Waals surface area contributed by atoms with E-state index in [1.165, 1.54) is 18.9 Å². The van der Waals surface area contributed by atoms with Crippen LogP contribution in [0.4, 0.5) is 0 Å². The summed E-state index contributed by atoms with van der Waals surface area (Å²) in [7, 11) is 1.51. The Bertz CT molecular complexity index is 692. The second-order valence-electron chi connectivity index (χ2n) is 5.90. The van der Waals surface area contributed by atoms with Crippen LogP contribution in [0, 0.1) is 0 Å². The van der Waals surface area contributed by atoms with Gasteiger partial charge in [-0.15, -0.1) is 0 Å². The number of carbonyl (C=O) groups excluding carboxylic acids is 1. The quantitative estimate of drug-likeness (QED) is 0.676. The predicted octanol–water partition coefficient (Wildman–Crippen LogP) is 5.09. The molecule has 4 nitrogen and oxygen atoms in total. The molecule has 130 valence electrons. The van der Waals surface area contributed by atoms with Crippen LogP contribution in [-0.2, 0) is 4.79 Å². The number of thioether (sulfide) groups is 1. The Balaban J connectivity index is 2.42. The van der Waals surface area contributed by atoms with Gasteiger partial charge < -0.3 is 4.74 Å². The van der Waals surface area contributed by atoms with Gasteiger partial charge in [0.05, 0.1) is 22.1 Å². The first-order chi connectivity index (χ1) is 11.2. The Hall–Kier alpha value is -1.17. The summed E-state index contributed by atoms with van der Waals surface area (Å²) in [5.74, 6) is 0.370. The van der Waals surface area contributed by atoms with Gasteiger partial charge in [0.2, 0.25) is 0 Å². The molecule has 0 spiro atoms. The van der Waals surface area contributed by atoms with Crippen LogP contribution < -0.4 is 4.74 Å². The van der Waals surface area contributed by atoms with E-state index in [1.807, 2.05) is 27.7 Å². The van der Waals surface area contributed by atoms with Crippen molar-refractivity contribution in [2.75, 3.05) is 7.11 Å². The summed E-state index contributed by atoms with van der Waals surface area (Å²) < 4.78 is 5.15. The second kappa shape index (κ2) is 7.81. The van der Waals surface area contributed by atoms with Crippen molar-refractivity contribution in [1.29, 1.82) is 0 Å². The first-order valence-corrected chi connectivity index (χ1v) is 9.15. The fraction of sp³-hybridized carbons (Fsp3) is 0.412. The van der Waals surface area contributed by atoms with Gasteiger partial charge in [-0.2, -0.15) is 0 Å². The minimum atomic E-state index is -0.0579. The molecule has 1 saturated heterocycles. The van der Waals surface area contributed by atoms with Crippen LogP contribution in [0.15, 0.2) is 22.0 Å². The lowest BCUT2D eigenvalue weighted by Crippen LogP contribution is -2.35. The van der Waals surface area contributed by atoms with Crippen molar-refractivity contribution < 1.29 is 9.53 Å². The fourth-order valence-corrected chi connectivity index (χ4v) is 4.15. The van der Waals surface area contributed by atoms with Crippen LogP contribution >= 0.6 is 35.0 Å².